The maximum atomic E-state index is 11.6. The second kappa shape index (κ2) is 4.93. The minimum absolute atomic E-state index is 0.215. The van der Waals surface area contributed by atoms with Crippen molar-refractivity contribution in [2.75, 3.05) is 7.05 Å². The third-order valence-electron chi connectivity index (χ3n) is 1.73. The third kappa shape index (κ3) is 2.69. The summed E-state index contributed by atoms with van der Waals surface area (Å²) in [5, 5.41) is 2.83. The smallest absolute Gasteiger partial charge is 0.285 e. The molecule has 0 fully saturated rings. The molecule has 0 saturated heterocycles. The molecule has 6 heteroatoms. The van der Waals surface area contributed by atoms with E-state index in [0.717, 1.165) is 0 Å². The van der Waals surface area contributed by atoms with Gasteiger partial charge in [-0.05, 0) is 35.6 Å². The van der Waals surface area contributed by atoms with Crippen LogP contribution in [0, 0.1) is 0 Å². The number of nitrogens with one attached hydrogen (secondary N) is 1. The number of halogens is 1. The highest BCUT2D eigenvalue weighted by Gasteiger charge is 2.28. The average molecular weight is 338 g/mol. The number of allylic oxidation sites excluding steroid dienone is 5. The monoisotopic (exact) mass is 338 g/mol. The van der Waals surface area contributed by atoms with Gasteiger partial charge in [-0.3, -0.25) is 0 Å². The van der Waals surface area contributed by atoms with Crippen LogP contribution in [-0.4, -0.2) is 19.2 Å². The average Bonchev–Trinajstić information content (AvgIpc) is 2.36. The summed E-state index contributed by atoms with van der Waals surface area (Å²) in [6.45, 7) is 1.86. The quantitative estimate of drug-likeness (QED) is 0.630. The summed E-state index contributed by atoms with van der Waals surface area (Å²) in [7, 11) is -1.83. The standard InChI is InChI=1S/C9H11IN2O2S/c1-3-4-5-6-7-8(11-2)9(10)12-15(7,13)14/h3-6,11H,1-2H3/b4-3+,6-5-. The van der Waals surface area contributed by atoms with Gasteiger partial charge in [0.2, 0.25) is 0 Å². The van der Waals surface area contributed by atoms with Gasteiger partial charge in [-0.15, -0.1) is 0 Å². The molecular weight excluding hydrogens is 327 g/mol. The van der Waals surface area contributed by atoms with Gasteiger partial charge in [0.05, 0.1) is 5.70 Å². The molecule has 0 bridgehead atoms. The van der Waals surface area contributed by atoms with Crippen molar-refractivity contribution in [2.24, 2.45) is 4.40 Å². The molecule has 0 aliphatic carbocycles. The Morgan fingerprint density at radius 3 is 2.60 bits per heavy atom. The minimum atomic E-state index is -3.50. The molecule has 0 aromatic rings. The molecule has 0 atom stereocenters. The van der Waals surface area contributed by atoms with Crippen LogP contribution < -0.4 is 5.32 Å². The van der Waals surface area contributed by atoms with Crippen molar-refractivity contribution in [3.05, 3.63) is 34.9 Å². The van der Waals surface area contributed by atoms with Crippen molar-refractivity contribution in [1.82, 2.24) is 5.32 Å². The molecule has 0 aromatic carbocycles. The lowest BCUT2D eigenvalue weighted by Crippen LogP contribution is -2.11. The van der Waals surface area contributed by atoms with E-state index < -0.39 is 10.0 Å². The lowest BCUT2D eigenvalue weighted by atomic mass is 10.3. The molecule has 0 unspecified atom stereocenters. The minimum Gasteiger partial charge on any atom is -0.385 e. The van der Waals surface area contributed by atoms with Crippen LogP contribution >= 0.6 is 22.6 Å². The number of rotatable bonds is 3. The fraction of sp³-hybridized carbons (Fsp3) is 0.222. The summed E-state index contributed by atoms with van der Waals surface area (Å²) in [4.78, 5) is 0.215. The van der Waals surface area contributed by atoms with Gasteiger partial charge in [0.25, 0.3) is 10.0 Å². The van der Waals surface area contributed by atoms with E-state index in [1.54, 1.807) is 19.2 Å². The van der Waals surface area contributed by atoms with E-state index in [1.165, 1.54) is 6.08 Å². The Morgan fingerprint density at radius 2 is 2.07 bits per heavy atom. The Labute approximate surface area is 103 Å². The van der Waals surface area contributed by atoms with Crippen LogP contribution in [-0.2, 0) is 10.0 Å². The summed E-state index contributed by atoms with van der Waals surface area (Å²) in [6, 6.07) is 0. The van der Waals surface area contributed by atoms with Gasteiger partial charge in [0.15, 0.2) is 0 Å². The Balaban J connectivity index is 3.19. The van der Waals surface area contributed by atoms with Crippen LogP contribution in [0.2, 0.25) is 0 Å². The molecule has 4 nitrogen and oxygen atoms in total. The summed E-state index contributed by atoms with van der Waals surface area (Å²) in [5.41, 5.74) is 0.552. The highest BCUT2D eigenvalue weighted by molar-refractivity contribution is 14.1. The highest BCUT2D eigenvalue weighted by atomic mass is 127. The zero-order chi connectivity index (χ0) is 11.5. The van der Waals surface area contributed by atoms with Crippen molar-refractivity contribution < 1.29 is 8.42 Å². The van der Waals surface area contributed by atoms with E-state index >= 15 is 0 Å². The van der Waals surface area contributed by atoms with Gasteiger partial charge in [0.1, 0.15) is 8.62 Å². The van der Waals surface area contributed by atoms with Gasteiger partial charge >= 0.3 is 0 Å². The summed E-state index contributed by atoms with van der Waals surface area (Å²) in [5.74, 6) is 0. The summed E-state index contributed by atoms with van der Waals surface area (Å²) in [6.07, 6.45) is 6.80. The van der Waals surface area contributed by atoms with Crippen LogP contribution in [0.4, 0.5) is 0 Å². The first-order valence-electron chi connectivity index (χ1n) is 4.25. The number of hydrogen-bond donors (Lipinski definition) is 1. The maximum absolute atomic E-state index is 11.6. The van der Waals surface area contributed by atoms with Crippen LogP contribution in [0.5, 0.6) is 0 Å². The molecule has 1 aliphatic heterocycles. The van der Waals surface area contributed by atoms with Gasteiger partial charge in [0, 0.05) is 7.05 Å². The third-order valence-corrected chi connectivity index (χ3v) is 4.16. The molecule has 1 aliphatic rings. The van der Waals surface area contributed by atoms with Crippen molar-refractivity contribution >= 4 is 36.3 Å². The van der Waals surface area contributed by atoms with E-state index in [9.17, 15) is 8.42 Å². The molecule has 1 N–H and O–H groups in total. The molecular formula is C9H11IN2O2S. The van der Waals surface area contributed by atoms with Crippen molar-refractivity contribution in [3.63, 3.8) is 0 Å². The Hall–Kier alpha value is -0.630. The lowest BCUT2D eigenvalue weighted by molar-refractivity contribution is 0.605. The van der Waals surface area contributed by atoms with Crippen LogP contribution in [0.25, 0.3) is 0 Å². The van der Waals surface area contributed by atoms with Gasteiger partial charge in [-0.2, -0.15) is 12.8 Å². The van der Waals surface area contributed by atoms with E-state index in [0.29, 0.717) is 9.42 Å². The van der Waals surface area contributed by atoms with E-state index in [1.807, 2.05) is 35.6 Å². The molecule has 15 heavy (non-hydrogen) atoms. The first-order valence-corrected chi connectivity index (χ1v) is 6.77. The number of hydrogen-bond acceptors (Lipinski definition) is 3. The topological polar surface area (TPSA) is 58.5 Å². The lowest BCUT2D eigenvalue weighted by Gasteiger charge is -1.99. The number of nitrogens with zero attached hydrogens (tertiary/aromatic N) is 1. The Morgan fingerprint density at radius 1 is 1.40 bits per heavy atom. The molecule has 0 aromatic heterocycles. The van der Waals surface area contributed by atoms with Crippen LogP contribution in [0.15, 0.2) is 39.3 Å². The maximum Gasteiger partial charge on any atom is 0.285 e. The largest absolute Gasteiger partial charge is 0.385 e. The molecule has 1 heterocycles. The molecule has 1 rings (SSSR count). The second-order valence-corrected chi connectivity index (χ2v) is 5.33. The van der Waals surface area contributed by atoms with E-state index in [2.05, 4.69) is 9.71 Å². The van der Waals surface area contributed by atoms with Gasteiger partial charge in [-0.1, -0.05) is 18.2 Å². The highest BCUT2D eigenvalue weighted by Crippen LogP contribution is 2.25. The molecule has 0 amide bonds. The van der Waals surface area contributed by atoms with Gasteiger partial charge < -0.3 is 5.32 Å². The van der Waals surface area contributed by atoms with Crippen LogP contribution in [0.1, 0.15) is 6.92 Å². The fourth-order valence-electron chi connectivity index (χ4n) is 1.08. The second-order valence-electron chi connectivity index (χ2n) is 2.73. The predicted octanol–water partition coefficient (Wildman–Crippen LogP) is 1.73. The Kier molecular flexibility index (Phi) is 4.09. The first kappa shape index (κ1) is 12.4. The Bertz CT molecular complexity index is 472. The normalized spacial score (nSPS) is 20.3. The first-order chi connectivity index (χ1) is 7.03. The summed E-state index contributed by atoms with van der Waals surface area (Å²) < 4.78 is 27.2. The van der Waals surface area contributed by atoms with Crippen molar-refractivity contribution in [1.29, 1.82) is 0 Å². The van der Waals surface area contributed by atoms with Gasteiger partial charge in [-0.25, -0.2) is 0 Å². The zero-order valence-electron chi connectivity index (χ0n) is 8.36. The molecule has 0 spiro atoms. The van der Waals surface area contributed by atoms with E-state index in [4.69, 9.17) is 0 Å². The van der Waals surface area contributed by atoms with Crippen LogP contribution in [0.3, 0.4) is 0 Å². The SMILES string of the molecule is C/C=C/C=C\C1=C(NC)C(I)=NS1(=O)=O. The van der Waals surface area contributed by atoms with Crippen molar-refractivity contribution in [2.45, 2.75) is 6.92 Å². The number of sulfonamides is 1. The van der Waals surface area contributed by atoms with Crippen molar-refractivity contribution in [3.8, 4) is 0 Å². The predicted molar refractivity (Wildman–Crippen MR) is 70.4 cm³/mol. The molecule has 82 valence electrons. The van der Waals surface area contributed by atoms with E-state index in [-0.39, 0.29) is 4.91 Å². The zero-order valence-corrected chi connectivity index (χ0v) is 11.3. The summed E-state index contributed by atoms with van der Waals surface area (Å²) >= 11 is 1.89. The fourth-order valence-corrected chi connectivity index (χ4v) is 3.71. The molecule has 0 radical (unpaired) electrons. The molecule has 0 saturated carbocycles.